The molecule has 0 spiro atoms. The quantitative estimate of drug-likeness (QED) is 0.872. The van der Waals surface area contributed by atoms with E-state index in [2.05, 4.69) is 17.3 Å². The van der Waals surface area contributed by atoms with Crippen molar-refractivity contribution in [2.75, 3.05) is 26.7 Å². The number of nitrogens with zero attached hydrogens (tertiary/aromatic N) is 1. The first-order valence-electron chi connectivity index (χ1n) is 9.02. The van der Waals surface area contributed by atoms with Crippen molar-refractivity contribution < 1.29 is 14.3 Å². The second-order valence-corrected chi connectivity index (χ2v) is 7.51. The Morgan fingerprint density at radius 3 is 2.69 bits per heavy atom. The predicted molar refractivity (Wildman–Crippen MR) is 98.5 cm³/mol. The molecule has 2 aromatic carbocycles. The largest absolute Gasteiger partial charge is 0.389 e. The lowest BCUT2D eigenvalue weighted by atomic mass is 9.86. The molecule has 0 unspecified atom stereocenters. The van der Waals surface area contributed by atoms with Crippen LogP contribution in [0.5, 0.6) is 0 Å². The molecular formula is C21H23FN2O2. The molecule has 2 heterocycles. The van der Waals surface area contributed by atoms with Crippen molar-refractivity contribution in [3.63, 3.8) is 0 Å². The number of carbonyl (C=O) groups is 1. The van der Waals surface area contributed by atoms with E-state index in [4.69, 9.17) is 0 Å². The van der Waals surface area contributed by atoms with Gasteiger partial charge >= 0.3 is 0 Å². The number of likely N-dealkylation sites (tertiary alicyclic amines) is 1. The van der Waals surface area contributed by atoms with Gasteiger partial charge in [0.25, 0.3) is 5.91 Å². The second kappa shape index (κ2) is 6.49. The van der Waals surface area contributed by atoms with Gasteiger partial charge in [0.15, 0.2) is 0 Å². The Morgan fingerprint density at radius 2 is 1.92 bits per heavy atom. The fraction of sp³-hybridized carbons (Fsp3) is 0.381. The number of benzene rings is 2. The smallest absolute Gasteiger partial charge is 0.251 e. The maximum Gasteiger partial charge on any atom is 0.251 e. The molecule has 0 saturated carbocycles. The molecule has 3 atom stereocenters. The van der Waals surface area contributed by atoms with Gasteiger partial charge in [-0.05, 0) is 54.8 Å². The fourth-order valence-electron chi connectivity index (χ4n) is 4.26. The fourth-order valence-corrected chi connectivity index (χ4v) is 4.26. The molecular weight excluding hydrogens is 331 g/mol. The lowest BCUT2D eigenvalue weighted by molar-refractivity contribution is 0.0951. The summed E-state index contributed by atoms with van der Waals surface area (Å²) in [7, 11) is 2.11. The Kier molecular flexibility index (Phi) is 4.29. The molecule has 26 heavy (non-hydrogen) atoms. The lowest BCUT2D eigenvalue weighted by Gasteiger charge is -2.17. The highest BCUT2D eigenvalue weighted by molar-refractivity contribution is 5.97. The van der Waals surface area contributed by atoms with E-state index in [1.165, 1.54) is 6.07 Å². The minimum atomic E-state index is -0.881. The van der Waals surface area contributed by atoms with Crippen molar-refractivity contribution >= 4 is 5.91 Å². The number of hydrogen-bond donors (Lipinski definition) is 2. The van der Waals surface area contributed by atoms with E-state index in [0.717, 1.165) is 29.8 Å². The van der Waals surface area contributed by atoms with Gasteiger partial charge in [0.05, 0.1) is 6.10 Å². The van der Waals surface area contributed by atoms with Crippen LogP contribution in [0.4, 0.5) is 4.39 Å². The van der Waals surface area contributed by atoms with Gasteiger partial charge in [-0.25, -0.2) is 4.39 Å². The number of aliphatic hydroxyl groups is 1. The number of likely N-dealkylation sites (N-methyl/N-ethyl adjacent to an activating group) is 1. The zero-order valence-corrected chi connectivity index (χ0v) is 15.0. The van der Waals surface area contributed by atoms with Crippen LogP contribution in [0.3, 0.4) is 0 Å². The highest BCUT2D eigenvalue weighted by Gasteiger charge is 2.36. The molecule has 1 saturated heterocycles. The van der Waals surface area contributed by atoms with E-state index >= 15 is 0 Å². The first-order chi connectivity index (χ1) is 12.4. The molecule has 2 N–H and O–H groups in total. The van der Waals surface area contributed by atoms with E-state index in [1.807, 2.05) is 18.2 Å². The molecule has 1 amide bonds. The van der Waals surface area contributed by atoms with Gasteiger partial charge in [-0.15, -0.1) is 0 Å². The van der Waals surface area contributed by atoms with Gasteiger partial charge in [-0.2, -0.15) is 0 Å². The van der Waals surface area contributed by atoms with Crippen molar-refractivity contribution in [1.29, 1.82) is 0 Å². The number of halogens is 1. The van der Waals surface area contributed by atoms with Crippen molar-refractivity contribution in [2.45, 2.75) is 18.9 Å². The van der Waals surface area contributed by atoms with Gasteiger partial charge in [0.1, 0.15) is 5.82 Å². The van der Waals surface area contributed by atoms with Crippen molar-refractivity contribution in [3.05, 3.63) is 58.9 Å². The summed E-state index contributed by atoms with van der Waals surface area (Å²) in [6, 6.07) is 10.6. The highest BCUT2D eigenvalue weighted by atomic mass is 19.1. The number of nitrogens with one attached hydrogen (secondary N) is 1. The third-order valence-corrected chi connectivity index (χ3v) is 5.63. The molecule has 2 aliphatic heterocycles. The number of hydrogen-bond acceptors (Lipinski definition) is 3. The minimum absolute atomic E-state index is 0.0447. The van der Waals surface area contributed by atoms with Crippen LogP contribution in [0.1, 0.15) is 40.4 Å². The molecule has 0 aromatic heterocycles. The van der Waals surface area contributed by atoms with Crippen LogP contribution >= 0.6 is 0 Å². The number of fused-ring (bicyclic) bond motifs is 3. The predicted octanol–water partition coefficient (Wildman–Crippen LogP) is 2.93. The van der Waals surface area contributed by atoms with Gasteiger partial charge in [-0.1, -0.05) is 18.2 Å². The third kappa shape index (κ3) is 2.91. The van der Waals surface area contributed by atoms with Crippen LogP contribution in [-0.2, 0) is 0 Å². The molecule has 0 aliphatic carbocycles. The summed E-state index contributed by atoms with van der Waals surface area (Å²) in [5.74, 6) is 0.317. The van der Waals surface area contributed by atoms with Crippen LogP contribution in [0.2, 0.25) is 0 Å². The SMILES string of the molecule is C[C@@H](O)c1cc(-c2ccc3c(c2)C(=O)NC[C@H]2CN(C)C[C@H]32)ccc1F. The number of carbonyl (C=O) groups excluding carboxylic acids is 1. The van der Waals surface area contributed by atoms with Gasteiger partial charge < -0.3 is 15.3 Å². The van der Waals surface area contributed by atoms with Gasteiger partial charge in [0, 0.05) is 36.7 Å². The summed E-state index contributed by atoms with van der Waals surface area (Å²) in [5.41, 5.74) is 3.70. The summed E-state index contributed by atoms with van der Waals surface area (Å²) in [6.07, 6.45) is -0.881. The Hall–Kier alpha value is -2.24. The van der Waals surface area contributed by atoms with Gasteiger partial charge in [0.2, 0.25) is 0 Å². The summed E-state index contributed by atoms with van der Waals surface area (Å²) >= 11 is 0. The van der Waals surface area contributed by atoms with E-state index in [-0.39, 0.29) is 11.5 Å². The minimum Gasteiger partial charge on any atom is -0.389 e. The molecule has 1 fully saturated rings. The number of aliphatic hydroxyl groups excluding tert-OH is 1. The molecule has 0 radical (unpaired) electrons. The second-order valence-electron chi connectivity index (χ2n) is 7.51. The van der Waals surface area contributed by atoms with Crippen molar-refractivity contribution in [1.82, 2.24) is 10.2 Å². The first-order valence-corrected chi connectivity index (χ1v) is 9.02. The zero-order valence-electron chi connectivity index (χ0n) is 15.0. The van der Waals surface area contributed by atoms with E-state index in [1.54, 1.807) is 19.1 Å². The van der Waals surface area contributed by atoms with Gasteiger partial charge in [-0.3, -0.25) is 4.79 Å². The third-order valence-electron chi connectivity index (χ3n) is 5.63. The molecule has 0 bridgehead atoms. The van der Waals surface area contributed by atoms with Crippen molar-refractivity contribution in [3.8, 4) is 11.1 Å². The maximum absolute atomic E-state index is 13.9. The summed E-state index contributed by atoms with van der Waals surface area (Å²) in [5, 5.41) is 12.8. The summed E-state index contributed by atoms with van der Waals surface area (Å²) < 4.78 is 13.9. The molecule has 2 aromatic rings. The van der Waals surface area contributed by atoms with E-state index in [9.17, 15) is 14.3 Å². The van der Waals surface area contributed by atoms with Crippen LogP contribution in [0.15, 0.2) is 36.4 Å². The zero-order chi connectivity index (χ0) is 18.4. The van der Waals surface area contributed by atoms with Crippen LogP contribution in [-0.4, -0.2) is 42.6 Å². The Bertz CT molecular complexity index is 865. The lowest BCUT2D eigenvalue weighted by Crippen LogP contribution is -2.29. The van der Waals surface area contributed by atoms with Crippen molar-refractivity contribution in [2.24, 2.45) is 5.92 Å². The van der Waals surface area contributed by atoms with Crippen LogP contribution in [0.25, 0.3) is 11.1 Å². The van der Waals surface area contributed by atoms with E-state index < -0.39 is 11.9 Å². The normalized spacial score (nSPS) is 23.8. The Labute approximate surface area is 152 Å². The molecule has 4 nitrogen and oxygen atoms in total. The monoisotopic (exact) mass is 354 g/mol. The standard InChI is InChI=1S/C21H23FN2O2/c1-12(25)17-7-14(4-6-20(17)22)13-3-5-16-18(8-13)21(26)23-9-15-10-24(2)11-19(15)16/h3-8,12,15,19,25H,9-11H2,1-2H3,(H,23,26)/t12-,15+,19+/m1/s1. The molecule has 136 valence electrons. The molecule has 5 heteroatoms. The average molecular weight is 354 g/mol. The maximum atomic E-state index is 13.9. The number of rotatable bonds is 2. The first kappa shape index (κ1) is 17.2. The topological polar surface area (TPSA) is 52.6 Å². The summed E-state index contributed by atoms with van der Waals surface area (Å²) in [4.78, 5) is 14.9. The van der Waals surface area contributed by atoms with Crippen LogP contribution < -0.4 is 5.32 Å². The number of amides is 1. The Morgan fingerprint density at radius 1 is 1.19 bits per heavy atom. The Balaban J connectivity index is 1.78. The van der Waals surface area contributed by atoms with Crippen LogP contribution in [0, 0.1) is 11.7 Å². The summed E-state index contributed by atoms with van der Waals surface area (Å²) in [6.45, 7) is 4.18. The van der Waals surface area contributed by atoms with E-state index in [0.29, 0.717) is 23.9 Å². The highest BCUT2D eigenvalue weighted by Crippen LogP contribution is 2.37. The molecule has 2 aliphatic rings. The average Bonchev–Trinajstić information content (AvgIpc) is 2.94. The molecule has 4 rings (SSSR count).